The van der Waals surface area contributed by atoms with Gasteiger partial charge in [-0.3, -0.25) is 29.2 Å². The molecule has 2 aromatic rings. The Morgan fingerprint density at radius 3 is 2.37 bits per heavy atom. The highest BCUT2D eigenvalue weighted by Gasteiger charge is 2.65. The molecule has 2 fully saturated rings. The second kappa shape index (κ2) is 10.1. The van der Waals surface area contributed by atoms with E-state index >= 15 is 0 Å². The van der Waals surface area contributed by atoms with Gasteiger partial charge in [-0.05, 0) is 30.3 Å². The molecule has 0 N–H and O–H groups in total. The number of piperazine rings is 1. The van der Waals surface area contributed by atoms with Crippen LogP contribution in [-0.4, -0.2) is 89.9 Å². The molecule has 2 saturated heterocycles. The molecule has 1 aromatic carbocycles. The summed E-state index contributed by atoms with van der Waals surface area (Å²) < 4.78 is 72.7. The van der Waals surface area contributed by atoms with Crippen LogP contribution in [0, 0.1) is 11.5 Å². The Labute approximate surface area is 232 Å². The minimum absolute atomic E-state index is 0.0177. The van der Waals surface area contributed by atoms with E-state index in [-0.39, 0.29) is 61.9 Å². The lowest BCUT2D eigenvalue weighted by atomic mass is 10.0. The SMILES string of the molecule is CO[C@@H]1C[C@H](C(=O)N(c2ccc(S(F)(F)(F)(F)F)cc2)C(C(=O)N2CCN(C)C(=O)C2)c2cccnc2)N(C#N)C1. The zero-order valence-corrected chi connectivity index (χ0v) is 22.8. The number of benzene rings is 1. The number of halogens is 5. The van der Waals surface area contributed by atoms with Gasteiger partial charge in [0.1, 0.15) is 17.0 Å². The molecule has 1 unspecified atom stereocenters. The van der Waals surface area contributed by atoms with Gasteiger partial charge < -0.3 is 14.5 Å². The van der Waals surface area contributed by atoms with Gasteiger partial charge in [0.05, 0.1) is 19.2 Å². The Morgan fingerprint density at radius 2 is 1.83 bits per heavy atom. The molecule has 41 heavy (non-hydrogen) atoms. The quantitative estimate of drug-likeness (QED) is 0.351. The summed E-state index contributed by atoms with van der Waals surface area (Å²) in [6, 6.07) is 1.86. The van der Waals surface area contributed by atoms with E-state index in [4.69, 9.17) is 4.74 Å². The largest absolute Gasteiger partial charge is 0.379 e. The van der Waals surface area contributed by atoms with Crippen molar-refractivity contribution in [1.29, 1.82) is 5.26 Å². The molecule has 4 rings (SSSR count). The van der Waals surface area contributed by atoms with Crippen LogP contribution in [0.15, 0.2) is 53.7 Å². The van der Waals surface area contributed by atoms with Crippen molar-refractivity contribution in [3.8, 4) is 6.19 Å². The van der Waals surface area contributed by atoms with Crippen molar-refractivity contribution in [1.82, 2.24) is 19.7 Å². The van der Waals surface area contributed by atoms with Gasteiger partial charge >= 0.3 is 10.2 Å². The summed E-state index contributed by atoms with van der Waals surface area (Å²) in [5, 5.41) is 9.67. The van der Waals surface area contributed by atoms with E-state index in [1.807, 2.05) is 6.19 Å². The Bertz CT molecular complexity index is 1370. The van der Waals surface area contributed by atoms with E-state index in [9.17, 15) is 39.1 Å². The van der Waals surface area contributed by atoms with E-state index in [1.165, 1.54) is 41.4 Å². The fourth-order valence-corrected chi connectivity index (χ4v) is 5.45. The molecule has 2 aliphatic heterocycles. The number of amides is 3. The van der Waals surface area contributed by atoms with Crippen LogP contribution in [0.5, 0.6) is 0 Å². The van der Waals surface area contributed by atoms with Crippen molar-refractivity contribution in [3.63, 3.8) is 0 Å². The van der Waals surface area contributed by atoms with E-state index in [1.54, 1.807) is 7.05 Å². The molecule has 1 aromatic heterocycles. The number of ether oxygens (including phenoxy) is 1. The first-order valence-electron chi connectivity index (χ1n) is 12.3. The van der Waals surface area contributed by atoms with Crippen LogP contribution in [0.2, 0.25) is 0 Å². The lowest BCUT2D eigenvalue weighted by Gasteiger charge is -2.41. The molecule has 0 aliphatic carbocycles. The van der Waals surface area contributed by atoms with E-state index in [0.29, 0.717) is 12.1 Å². The third-order valence-corrected chi connectivity index (χ3v) is 8.23. The number of carbonyl (C=O) groups excluding carboxylic acids is 3. The number of carbonyl (C=O) groups is 3. The highest BCUT2D eigenvalue weighted by Crippen LogP contribution is 3.02. The van der Waals surface area contributed by atoms with Gasteiger partial charge in [-0.25, -0.2) is 0 Å². The van der Waals surface area contributed by atoms with Gasteiger partial charge in [0.2, 0.25) is 5.91 Å². The molecule has 3 heterocycles. The summed E-state index contributed by atoms with van der Waals surface area (Å²) in [6.45, 7) is 0.00932. The molecule has 3 amide bonds. The first kappa shape index (κ1) is 30.0. The lowest BCUT2D eigenvalue weighted by Crippen LogP contribution is -2.55. The second-order valence-corrected chi connectivity index (χ2v) is 12.2. The van der Waals surface area contributed by atoms with Gasteiger partial charge in [-0.15, -0.1) is 0 Å². The third-order valence-electron chi connectivity index (χ3n) is 7.07. The summed E-state index contributed by atoms with van der Waals surface area (Å²) in [6.07, 6.45) is 4.05. The Kier molecular flexibility index (Phi) is 7.42. The van der Waals surface area contributed by atoms with Gasteiger partial charge in [0, 0.05) is 57.3 Å². The number of rotatable bonds is 7. The summed E-state index contributed by atoms with van der Waals surface area (Å²) in [4.78, 5) is 47.0. The number of nitrogens with zero attached hydrogens (tertiary/aromatic N) is 6. The normalized spacial score (nSPS) is 22.0. The number of pyridine rings is 1. The molecule has 2 aliphatic rings. The van der Waals surface area contributed by atoms with E-state index in [0.717, 1.165) is 9.80 Å². The van der Waals surface area contributed by atoms with Gasteiger partial charge in [0.25, 0.3) is 11.8 Å². The maximum Gasteiger partial charge on any atom is 0.310 e. The first-order valence-corrected chi connectivity index (χ1v) is 14.3. The standard InChI is InChI=1S/C25H27F5N6O4S/c1-33-10-11-34(15-22(33)37)25(39)23(17-4-3-9-32-13-17)36(24(38)21-12-19(40-2)14-35(21)16-31)18-5-7-20(8-6-18)41(26,27,28,29)30/h3-9,13,19,21,23H,10-12,14-15H2,1-2H3/t19-,21-,23?/m1/s1. The summed E-state index contributed by atoms with van der Waals surface area (Å²) in [5.74, 6) is -1.97. The Morgan fingerprint density at radius 1 is 1.15 bits per heavy atom. The number of likely N-dealkylation sites (tertiary alicyclic amines) is 1. The number of methoxy groups -OCH3 is 1. The van der Waals surface area contributed by atoms with Crippen LogP contribution in [0.1, 0.15) is 18.0 Å². The van der Waals surface area contributed by atoms with Crippen LogP contribution in [0.4, 0.5) is 25.1 Å². The van der Waals surface area contributed by atoms with Crippen LogP contribution in [-0.2, 0) is 19.1 Å². The van der Waals surface area contributed by atoms with Gasteiger partial charge in [0.15, 0.2) is 6.19 Å². The topological polar surface area (TPSA) is 110 Å². The molecule has 3 atom stereocenters. The highest BCUT2D eigenvalue weighted by atomic mass is 32.5. The fourth-order valence-electron chi connectivity index (χ4n) is 4.80. The fraction of sp³-hybridized carbons (Fsp3) is 0.400. The first-order chi connectivity index (χ1) is 19.0. The molecular weight excluding hydrogens is 575 g/mol. The van der Waals surface area contributed by atoms with Crippen molar-refractivity contribution >= 4 is 33.6 Å². The van der Waals surface area contributed by atoms with E-state index < -0.39 is 45.1 Å². The smallest absolute Gasteiger partial charge is 0.310 e. The minimum atomic E-state index is -10.0. The van der Waals surface area contributed by atoms with Crippen molar-refractivity contribution in [3.05, 3.63) is 54.4 Å². The highest BCUT2D eigenvalue weighted by molar-refractivity contribution is 8.45. The van der Waals surface area contributed by atoms with Crippen molar-refractivity contribution in [2.24, 2.45) is 0 Å². The molecule has 222 valence electrons. The monoisotopic (exact) mass is 602 g/mol. The molecule has 16 heteroatoms. The maximum atomic E-state index is 14.2. The van der Waals surface area contributed by atoms with Crippen LogP contribution in [0.25, 0.3) is 0 Å². The predicted octanol–water partition coefficient (Wildman–Crippen LogP) is 3.68. The molecule has 0 saturated carbocycles. The maximum absolute atomic E-state index is 14.2. The van der Waals surface area contributed by atoms with Crippen LogP contribution >= 0.6 is 10.2 Å². The number of hydrogen-bond donors (Lipinski definition) is 0. The molecule has 10 nitrogen and oxygen atoms in total. The van der Waals surface area contributed by atoms with E-state index in [2.05, 4.69) is 4.98 Å². The molecule has 0 spiro atoms. The minimum Gasteiger partial charge on any atom is -0.379 e. The molecule has 0 bridgehead atoms. The third kappa shape index (κ3) is 6.35. The van der Waals surface area contributed by atoms with Crippen molar-refractivity contribution < 1.29 is 38.5 Å². The zero-order valence-electron chi connectivity index (χ0n) is 22.0. The summed E-state index contributed by atoms with van der Waals surface area (Å²) in [7, 11) is -7.11. The number of hydrogen-bond acceptors (Lipinski definition) is 7. The Hall–Kier alpha value is -3.97. The van der Waals surface area contributed by atoms with Crippen LogP contribution < -0.4 is 4.90 Å². The molecule has 0 radical (unpaired) electrons. The Balaban J connectivity index is 1.86. The number of aromatic nitrogens is 1. The van der Waals surface area contributed by atoms with Crippen molar-refractivity contribution in [2.75, 3.05) is 45.2 Å². The van der Waals surface area contributed by atoms with Crippen LogP contribution in [0.3, 0.4) is 0 Å². The number of anilines is 1. The van der Waals surface area contributed by atoms with Gasteiger partial charge in [-0.1, -0.05) is 25.5 Å². The summed E-state index contributed by atoms with van der Waals surface area (Å²) in [5.41, 5.74) is -0.152. The lowest BCUT2D eigenvalue weighted by molar-refractivity contribution is -0.145. The molecular formula is C25H27F5N6O4S. The zero-order chi connectivity index (χ0) is 30.2. The van der Waals surface area contributed by atoms with Crippen molar-refractivity contribution in [2.45, 2.75) is 29.5 Å². The average molecular weight is 603 g/mol. The number of likely N-dealkylation sites (N-methyl/N-ethyl adjacent to an activating group) is 1. The number of nitriles is 1. The average Bonchev–Trinajstić information content (AvgIpc) is 3.35. The van der Waals surface area contributed by atoms with Gasteiger partial charge in [-0.2, -0.15) is 5.26 Å². The second-order valence-electron chi connectivity index (χ2n) is 9.80. The summed E-state index contributed by atoms with van der Waals surface area (Å²) >= 11 is 0. The predicted molar refractivity (Wildman–Crippen MR) is 138 cm³/mol.